The van der Waals surface area contributed by atoms with E-state index >= 15 is 0 Å². The van der Waals surface area contributed by atoms with Gasteiger partial charge in [-0.05, 0) is 18.2 Å². The van der Waals surface area contributed by atoms with Gasteiger partial charge in [-0.25, -0.2) is 0 Å². The zero-order valence-electron chi connectivity index (χ0n) is 9.68. The fourth-order valence-corrected chi connectivity index (χ4v) is 1.86. The maximum atomic E-state index is 12.0. The molecule has 0 aromatic heterocycles. The first-order valence-electron chi connectivity index (χ1n) is 5.48. The number of hydrogen-bond donors (Lipinski definition) is 3. The van der Waals surface area contributed by atoms with Gasteiger partial charge in [0.2, 0.25) is 5.91 Å². The number of nitrogens with one attached hydrogen (secondary N) is 1. The lowest BCUT2D eigenvalue weighted by molar-refractivity contribution is -0.127. The fourth-order valence-electron chi connectivity index (χ4n) is 1.86. The SMILES string of the molecule is NC(=O)CC1(NC(=O)c2cccc(O)c2)COC1. The summed E-state index contributed by atoms with van der Waals surface area (Å²) in [5.74, 6) is -0.846. The van der Waals surface area contributed by atoms with Crippen LogP contribution in [0, 0.1) is 0 Å². The van der Waals surface area contributed by atoms with E-state index in [1.807, 2.05) is 0 Å². The Morgan fingerprint density at radius 2 is 2.17 bits per heavy atom. The number of primary amides is 1. The van der Waals surface area contributed by atoms with E-state index in [4.69, 9.17) is 10.5 Å². The van der Waals surface area contributed by atoms with Crippen LogP contribution in [0.4, 0.5) is 0 Å². The minimum atomic E-state index is -0.714. The molecule has 4 N–H and O–H groups in total. The van der Waals surface area contributed by atoms with Gasteiger partial charge in [0.05, 0.1) is 25.2 Å². The third-order valence-electron chi connectivity index (χ3n) is 2.76. The molecule has 0 spiro atoms. The van der Waals surface area contributed by atoms with Gasteiger partial charge in [0.1, 0.15) is 5.75 Å². The Hall–Kier alpha value is -2.08. The van der Waals surface area contributed by atoms with Crippen molar-refractivity contribution in [2.75, 3.05) is 13.2 Å². The van der Waals surface area contributed by atoms with Gasteiger partial charge in [-0.2, -0.15) is 0 Å². The molecule has 1 aromatic rings. The number of carbonyl (C=O) groups excluding carboxylic acids is 2. The van der Waals surface area contributed by atoms with E-state index in [2.05, 4.69) is 5.32 Å². The molecule has 2 amide bonds. The third-order valence-corrected chi connectivity index (χ3v) is 2.76. The number of phenols is 1. The maximum absolute atomic E-state index is 12.0. The second-order valence-corrected chi connectivity index (χ2v) is 4.42. The van der Waals surface area contributed by atoms with Gasteiger partial charge >= 0.3 is 0 Å². The molecular formula is C12H14N2O4. The Balaban J connectivity index is 2.08. The number of phenolic OH excluding ortho intramolecular Hbond substituents is 1. The summed E-state index contributed by atoms with van der Waals surface area (Å²) in [6, 6.07) is 5.98. The first-order chi connectivity index (χ1) is 8.51. The summed E-state index contributed by atoms with van der Waals surface area (Å²) in [5, 5.41) is 12.0. The van der Waals surface area contributed by atoms with Crippen molar-refractivity contribution in [2.45, 2.75) is 12.0 Å². The quantitative estimate of drug-likeness (QED) is 0.686. The average Bonchev–Trinajstić information content (AvgIpc) is 2.25. The van der Waals surface area contributed by atoms with Crippen LogP contribution in [0.2, 0.25) is 0 Å². The Kier molecular flexibility index (Phi) is 3.20. The first-order valence-corrected chi connectivity index (χ1v) is 5.48. The maximum Gasteiger partial charge on any atom is 0.252 e. The van der Waals surface area contributed by atoms with Crippen LogP contribution in [-0.2, 0) is 9.53 Å². The molecule has 0 bridgehead atoms. The largest absolute Gasteiger partial charge is 0.508 e. The molecule has 1 aliphatic heterocycles. The normalized spacial score (nSPS) is 16.7. The lowest BCUT2D eigenvalue weighted by Crippen LogP contribution is -2.63. The molecule has 1 aromatic carbocycles. The van der Waals surface area contributed by atoms with Crippen LogP contribution >= 0.6 is 0 Å². The highest BCUT2D eigenvalue weighted by Crippen LogP contribution is 2.22. The van der Waals surface area contributed by atoms with Crippen LogP contribution in [0.3, 0.4) is 0 Å². The Morgan fingerprint density at radius 1 is 1.44 bits per heavy atom. The Labute approximate surface area is 104 Å². The van der Waals surface area contributed by atoms with Crippen molar-refractivity contribution < 1.29 is 19.4 Å². The van der Waals surface area contributed by atoms with Crippen molar-refractivity contribution >= 4 is 11.8 Å². The fraction of sp³-hybridized carbons (Fsp3) is 0.333. The van der Waals surface area contributed by atoms with Crippen LogP contribution in [0.5, 0.6) is 5.75 Å². The Morgan fingerprint density at radius 3 is 2.67 bits per heavy atom. The van der Waals surface area contributed by atoms with Gasteiger partial charge in [-0.1, -0.05) is 6.07 Å². The summed E-state index contributed by atoms with van der Waals surface area (Å²) in [5.41, 5.74) is 4.75. The van der Waals surface area contributed by atoms with Crippen LogP contribution in [0.1, 0.15) is 16.8 Å². The molecule has 0 unspecified atom stereocenters. The summed E-state index contributed by atoms with van der Waals surface area (Å²) in [6.07, 6.45) is 0.0392. The molecule has 0 radical (unpaired) electrons. The number of aromatic hydroxyl groups is 1. The standard InChI is InChI=1S/C12H14N2O4/c13-10(16)5-12(6-18-7-12)14-11(17)8-2-1-3-9(15)4-8/h1-4,15H,5-7H2,(H2,13,16)(H,14,17). The monoisotopic (exact) mass is 250 g/mol. The van der Waals surface area contributed by atoms with Gasteiger partial charge in [-0.3, -0.25) is 9.59 Å². The summed E-state index contributed by atoms with van der Waals surface area (Å²) in [7, 11) is 0. The molecule has 1 fully saturated rings. The van der Waals surface area contributed by atoms with Crippen molar-refractivity contribution in [1.82, 2.24) is 5.32 Å². The molecule has 1 saturated heterocycles. The van der Waals surface area contributed by atoms with Crippen LogP contribution in [-0.4, -0.2) is 35.7 Å². The number of rotatable bonds is 4. The van der Waals surface area contributed by atoms with E-state index in [1.54, 1.807) is 12.1 Å². The van der Waals surface area contributed by atoms with Crippen molar-refractivity contribution in [3.63, 3.8) is 0 Å². The summed E-state index contributed by atoms with van der Waals surface area (Å²) in [4.78, 5) is 22.9. The first kappa shape index (κ1) is 12.4. The Bertz CT molecular complexity index is 483. The van der Waals surface area contributed by atoms with Crippen LogP contribution < -0.4 is 11.1 Å². The van der Waals surface area contributed by atoms with Crippen molar-refractivity contribution in [1.29, 1.82) is 0 Å². The van der Waals surface area contributed by atoms with E-state index in [-0.39, 0.29) is 31.3 Å². The molecule has 2 rings (SSSR count). The average molecular weight is 250 g/mol. The number of amides is 2. The van der Waals surface area contributed by atoms with Crippen molar-refractivity contribution in [2.24, 2.45) is 5.73 Å². The highest BCUT2D eigenvalue weighted by Gasteiger charge is 2.41. The molecule has 96 valence electrons. The highest BCUT2D eigenvalue weighted by molar-refractivity contribution is 5.95. The molecule has 1 aliphatic rings. The predicted molar refractivity (Wildman–Crippen MR) is 62.9 cm³/mol. The number of hydrogen-bond acceptors (Lipinski definition) is 4. The van der Waals surface area contributed by atoms with Gasteiger partial charge in [-0.15, -0.1) is 0 Å². The zero-order chi connectivity index (χ0) is 13.2. The third kappa shape index (κ3) is 2.60. The van der Waals surface area contributed by atoms with E-state index in [9.17, 15) is 14.7 Å². The molecule has 18 heavy (non-hydrogen) atoms. The molecule has 0 atom stereocenters. The van der Waals surface area contributed by atoms with E-state index < -0.39 is 11.4 Å². The molecular weight excluding hydrogens is 236 g/mol. The number of benzene rings is 1. The van der Waals surface area contributed by atoms with Gasteiger partial charge < -0.3 is 20.9 Å². The molecule has 0 saturated carbocycles. The molecule has 6 heteroatoms. The van der Waals surface area contributed by atoms with E-state index in [1.165, 1.54) is 12.1 Å². The molecule has 0 aliphatic carbocycles. The smallest absolute Gasteiger partial charge is 0.252 e. The summed E-state index contributed by atoms with van der Waals surface area (Å²) in [6.45, 7) is 0.529. The molecule has 1 heterocycles. The van der Waals surface area contributed by atoms with Crippen LogP contribution in [0.15, 0.2) is 24.3 Å². The predicted octanol–water partition coefficient (Wildman–Crippen LogP) is -0.234. The van der Waals surface area contributed by atoms with Gasteiger partial charge in [0.15, 0.2) is 0 Å². The van der Waals surface area contributed by atoms with Crippen molar-refractivity contribution in [3.05, 3.63) is 29.8 Å². The molecule has 6 nitrogen and oxygen atoms in total. The number of nitrogens with two attached hydrogens (primary N) is 1. The summed E-state index contributed by atoms with van der Waals surface area (Å²) >= 11 is 0. The van der Waals surface area contributed by atoms with E-state index in [0.29, 0.717) is 5.56 Å². The second kappa shape index (κ2) is 4.66. The highest BCUT2D eigenvalue weighted by atomic mass is 16.5. The van der Waals surface area contributed by atoms with Gasteiger partial charge in [0.25, 0.3) is 5.91 Å². The summed E-state index contributed by atoms with van der Waals surface area (Å²) < 4.78 is 5.03. The lowest BCUT2D eigenvalue weighted by atomic mass is 9.92. The number of ether oxygens (including phenoxy) is 1. The minimum absolute atomic E-state index is 0.0106. The topological polar surface area (TPSA) is 102 Å². The van der Waals surface area contributed by atoms with E-state index in [0.717, 1.165) is 0 Å². The van der Waals surface area contributed by atoms with Gasteiger partial charge in [0, 0.05) is 5.56 Å². The second-order valence-electron chi connectivity index (χ2n) is 4.42. The lowest BCUT2D eigenvalue weighted by Gasteiger charge is -2.41. The minimum Gasteiger partial charge on any atom is -0.508 e. The van der Waals surface area contributed by atoms with Crippen LogP contribution in [0.25, 0.3) is 0 Å². The zero-order valence-corrected chi connectivity index (χ0v) is 9.68. The number of carbonyl (C=O) groups is 2. The van der Waals surface area contributed by atoms with Crippen molar-refractivity contribution in [3.8, 4) is 5.75 Å².